The maximum absolute atomic E-state index is 12.5. The van der Waals surface area contributed by atoms with Gasteiger partial charge in [-0.15, -0.1) is 0 Å². The van der Waals surface area contributed by atoms with Crippen LogP contribution in [-0.4, -0.2) is 28.1 Å². The Labute approximate surface area is 162 Å². The number of nitrogens with one attached hydrogen (secondary N) is 2. The zero-order valence-corrected chi connectivity index (χ0v) is 15.8. The van der Waals surface area contributed by atoms with Crippen molar-refractivity contribution in [2.45, 2.75) is 51.2 Å². The number of rotatable bonds is 5. The largest absolute Gasteiger partial charge is 0.427 e. The van der Waals surface area contributed by atoms with Crippen molar-refractivity contribution in [3.63, 3.8) is 0 Å². The molecule has 2 aromatic heterocycles. The number of aliphatic hydroxyl groups excluding tert-OH is 1. The fourth-order valence-electron chi connectivity index (χ4n) is 4.01. The smallest absolute Gasteiger partial charge is 0.349 e. The summed E-state index contributed by atoms with van der Waals surface area (Å²) in [7, 11) is 0. The van der Waals surface area contributed by atoms with Crippen molar-refractivity contribution in [2.24, 2.45) is 0 Å². The van der Waals surface area contributed by atoms with Gasteiger partial charge in [0.15, 0.2) is 0 Å². The highest BCUT2D eigenvalue weighted by molar-refractivity contribution is 5.95. The van der Waals surface area contributed by atoms with Gasteiger partial charge in [-0.1, -0.05) is 18.2 Å². The van der Waals surface area contributed by atoms with Gasteiger partial charge in [0.1, 0.15) is 11.3 Å². The summed E-state index contributed by atoms with van der Waals surface area (Å²) < 4.78 is 5.42. The van der Waals surface area contributed by atoms with E-state index in [9.17, 15) is 14.7 Å². The third-order valence-electron chi connectivity index (χ3n) is 5.54. The maximum Gasteiger partial charge on any atom is 0.349 e. The van der Waals surface area contributed by atoms with Crippen LogP contribution in [0.25, 0.3) is 10.9 Å². The Morgan fingerprint density at radius 1 is 1.29 bits per heavy atom. The average Bonchev–Trinajstić information content (AvgIpc) is 3.26. The normalized spacial score (nSPS) is 19.2. The number of amides is 1. The molecule has 2 atom stereocenters. The minimum atomic E-state index is -0.626. The highest BCUT2D eigenvalue weighted by atomic mass is 16.4. The summed E-state index contributed by atoms with van der Waals surface area (Å²) >= 11 is 0. The number of carbonyl (C=O) groups is 1. The van der Waals surface area contributed by atoms with E-state index in [0.717, 1.165) is 35.7 Å². The van der Waals surface area contributed by atoms with Crippen molar-refractivity contribution in [3.8, 4) is 0 Å². The number of aromatic amines is 1. The van der Waals surface area contributed by atoms with Crippen molar-refractivity contribution in [3.05, 3.63) is 69.4 Å². The lowest BCUT2D eigenvalue weighted by Crippen LogP contribution is -2.41. The van der Waals surface area contributed by atoms with Gasteiger partial charge in [-0.25, -0.2) is 4.79 Å². The van der Waals surface area contributed by atoms with E-state index in [0.29, 0.717) is 24.2 Å². The van der Waals surface area contributed by atoms with Gasteiger partial charge in [-0.2, -0.15) is 0 Å². The van der Waals surface area contributed by atoms with Crippen LogP contribution in [0.3, 0.4) is 0 Å². The van der Waals surface area contributed by atoms with Crippen LogP contribution in [0, 0.1) is 6.92 Å². The monoisotopic (exact) mass is 380 g/mol. The van der Waals surface area contributed by atoms with E-state index >= 15 is 0 Å². The van der Waals surface area contributed by atoms with Crippen LogP contribution in [0.15, 0.2) is 45.7 Å². The van der Waals surface area contributed by atoms with E-state index in [1.54, 1.807) is 13.0 Å². The Morgan fingerprint density at radius 3 is 2.86 bits per heavy atom. The molecule has 0 bridgehead atoms. The number of benzene rings is 1. The lowest BCUT2D eigenvalue weighted by molar-refractivity contribution is 0.0868. The minimum Gasteiger partial charge on any atom is -0.427 e. The van der Waals surface area contributed by atoms with E-state index in [1.165, 1.54) is 0 Å². The van der Waals surface area contributed by atoms with E-state index < -0.39 is 17.6 Å². The van der Waals surface area contributed by atoms with Gasteiger partial charge in [-0.3, -0.25) is 4.79 Å². The van der Waals surface area contributed by atoms with Crippen LogP contribution in [0.5, 0.6) is 0 Å². The molecule has 0 radical (unpaired) electrons. The van der Waals surface area contributed by atoms with Crippen LogP contribution in [-0.2, 0) is 12.8 Å². The molecule has 0 aliphatic heterocycles. The Kier molecular flexibility index (Phi) is 5.05. The molecule has 146 valence electrons. The molecule has 6 nitrogen and oxygen atoms in total. The van der Waals surface area contributed by atoms with Crippen molar-refractivity contribution in [1.29, 1.82) is 0 Å². The number of carbonyl (C=O) groups excluding carboxylic acids is 1. The van der Waals surface area contributed by atoms with Gasteiger partial charge in [-0.05, 0) is 55.9 Å². The summed E-state index contributed by atoms with van der Waals surface area (Å²) in [5.74, 6) is 0.0885. The SMILES string of the molecule is Cc1cc(CCc2c[nH]c3ccccc23)oc(=O)c1C(=O)N[C@H]1CCC[C@@H]1O. The summed E-state index contributed by atoms with van der Waals surface area (Å²) in [6, 6.07) is 9.53. The number of fused-ring (bicyclic) bond motifs is 1. The molecule has 1 amide bonds. The summed E-state index contributed by atoms with van der Waals surface area (Å²) in [6.07, 6.45) is 4.99. The molecule has 1 fully saturated rings. The Morgan fingerprint density at radius 2 is 2.11 bits per heavy atom. The second kappa shape index (κ2) is 7.64. The van der Waals surface area contributed by atoms with Gasteiger partial charge in [0.25, 0.3) is 5.91 Å². The number of aromatic nitrogens is 1. The molecule has 0 saturated heterocycles. The second-order valence-electron chi connectivity index (χ2n) is 7.50. The van der Waals surface area contributed by atoms with E-state index in [-0.39, 0.29) is 11.6 Å². The van der Waals surface area contributed by atoms with E-state index in [1.807, 2.05) is 24.4 Å². The van der Waals surface area contributed by atoms with Crippen LogP contribution in [0.4, 0.5) is 0 Å². The first-order chi connectivity index (χ1) is 13.5. The molecule has 3 aromatic rings. The van der Waals surface area contributed by atoms with Crippen molar-refractivity contribution >= 4 is 16.8 Å². The van der Waals surface area contributed by atoms with Gasteiger partial charge in [0.05, 0.1) is 12.1 Å². The first kappa shape index (κ1) is 18.5. The summed E-state index contributed by atoms with van der Waals surface area (Å²) in [5.41, 5.74) is 2.23. The van der Waals surface area contributed by atoms with Crippen LogP contribution in [0.2, 0.25) is 0 Å². The zero-order valence-electron chi connectivity index (χ0n) is 15.8. The second-order valence-corrected chi connectivity index (χ2v) is 7.50. The molecule has 6 heteroatoms. The molecule has 0 unspecified atom stereocenters. The molecule has 1 saturated carbocycles. The van der Waals surface area contributed by atoms with Crippen molar-refractivity contribution < 1.29 is 14.3 Å². The average molecular weight is 380 g/mol. The highest BCUT2D eigenvalue weighted by Crippen LogP contribution is 2.21. The first-order valence-corrected chi connectivity index (χ1v) is 9.70. The molecule has 1 aromatic carbocycles. The van der Waals surface area contributed by atoms with E-state index in [2.05, 4.69) is 16.4 Å². The standard InChI is InChI=1S/C22H24N2O4/c1-13-11-15(10-9-14-12-23-17-6-3-2-5-16(14)17)28-22(27)20(13)21(26)24-18-7-4-8-19(18)25/h2-3,5-6,11-12,18-19,23,25H,4,7-10H2,1H3,(H,24,26)/t18-,19-/m0/s1. The number of hydrogen-bond acceptors (Lipinski definition) is 4. The topological polar surface area (TPSA) is 95.3 Å². The lowest BCUT2D eigenvalue weighted by atomic mass is 10.0. The molecule has 2 heterocycles. The molecular weight excluding hydrogens is 356 g/mol. The Balaban J connectivity index is 1.49. The molecule has 1 aliphatic rings. The molecule has 0 spiro atoms. The molecule has 28 heavy (non-hydrogen) atoms. The quantitative estimate of drug-likeness (QED) is 0.634. The minimum absolute atomic E-state index is 0.0231. The predicted octanol–water partition coefficient (Wildman–Crippen LogP) is 2.86. The zero-order chi connectivity index (χ0) is 19.7. The van der Waals surface area contributed by atoms with Crippen LogP contribution in [0.1, 0.15) is 46.5 Å². The van der Waals surface area contributed by atoms with E-state index in [4.69, 9.17) is 4.42 Å². The first-order valence-electron chi connectivity index (χ1n) is 9.70. The number of aliphatic hydroxyl groups is 1. The Bertz CT molecular complexity index is 1070. The van der Waals surface area contributed by atoms with Crippen molar-refractivity contribution in [2.75, 3.05) is 0 Å². The number of hydrogen-bond donors (Lipinski definition) is 3. The summed E-state index contributed by atoms with van der Waals surface area (Å²) in [6.45, 7) is 1.74. The molecule has 1 aliphatic carbocycles. The third kappa shape index (κ3) is 3.60. The summed E-state index contributed by atoms with van der Waals surface area (Å²) in [4.78, 5) is 28.2. The number of para-hydroxylation sites is 1. The fourth-order valence-corrected chi connectivity index (χ4v) is 4.01. The molecule has 4 rings (SSSR count). The fraction of sp³-hybridized carbons (Fsp3) is 0.364. The van der Waals surface area contributed by atoms with Crippen LogP contribution < -0.4 is 10.9 Å². The van der Waals surface area contributed by atoms with Crippen molar-refractivity contribution in [1.82, 2.24) is 10.3 Å². The Hall–Kier alpha value is -2.86. The molecular formula is C22H24N2O4. The summed E-state index contributed by atoms with van der Waals surface area (Å²) in [5, 5.41) is 13.8. The van der Waals surface area contributed by atoms with Crippen LogP contribution >= 0.6 is 0 Å². The predicted molar refractivity (Wildman–Crippen MR) is 107 cm³/mol. The van der Waals surface area contributed by atoms with Gasteiger partial charge in [0.2, 0.25) is 0 Å². The maximum atomic E-state index is 12.5. The highest BCUT2D eigenvalue weighted by Gasteiger charge is 2.28. The lowest BCUT2D eigenvalue weighted by Gasteiger charge is -2.16. The van der Waals surface area contributed by atoms with Gasteiger partial charge >= 0.3 is 5.63 Å². The third-order valence-corrected chi connectivity index (χ3v) is 5.54. The van der Waals surface area contributed by atoms with Gasteiger partial charge < -0.3 is 19.8 Å². The van der Waals surface area contributed by atoms with Gasteiger partial charge in [0, 0.05) is 23.5 Å². The molecule has 3 N–H and O–H groups in total. The number of aryl methyl sites for hydroxylation is 3. The number of H-pyrrole nitrogens is 1.